The summed E-state index contributed by atoms with van der Waals surface area (Å²) in [6.45, 7) is 5.65. The highest BCUT2D eigenvalue weighted by molar-refractivity contribution is 5.19. The van der Waals surface area contributed by atoms with E-state index in [2.05, 4.69) is 18.4 Å². The van der Waals surface area contributed by atoms with E-state index in [0.717, 1.165) is 0 Å². The Morgan fingerprint density at radius 3 is 2.56 bits per heavy atom. The Balaban J connectivity index is 1.80. The molecule has 1 aromatic rings. The van der Waals surface area contributed by atoms with Crippen molar-refractivity contribution in [2.24, 2.45) is 0 Å². The van der Waals surface area contributed by atoms with E-state index in [-0.39, 0.29) is 0 Å². The normalized spacial score (nSPS) is 14.8. The van der Waals surface area contributed by atoms with Crippen molar-refractivity contribution in [3.05, 3.63) is 17.2 Å². The Kier molecular flexibility index (Phi) is 5.27. The van der Waals surface area contributed by atoms with Crippen molar-refractivity contribution in [1.82, 2.24) is 9.55 Å². The maximum Gasteiger partial charge on any atom is 0.106 e. The van der Waals surface area contributed by atoms with Gasteiger partial charge in [-0.05, 0) is 39.0 Å². The molecule has 0 radical (unpaired) electrons. The Hall–Kier alpha value is -0.790. The van der Waals surface area contributed by atoms with Gasteiger partial charge in [0.05, 0.1) is 5.69 Å². The molecule has 0 saturated carbocycles. The van der Waals surface area contributed by atoms with Gasteiger partial charge in [0, 0.05) is 12.2 Å². The van der Waals surface area contributed by atoms with Crippen LogP contribution < -0.4 is 0 Å². The average molecular weight is 248 g/mol. The van der Waals surface area contributed by atoms with Crippen LogP contribution in [0, 0.1) is 6.92 Å². The minimum Gasteiger partial charge on any atom is -0.332 e. The second-order valence-electron chi connectivity index (χ2n) is 5.68. The molecular formula is C16H28N2. The van der Waals surface area contributed by atoms with Gasteiger partial charge in [0.2, 0.25) is 0 Å². The van der Waals surface area contributed by atoms with Crippen LogP contribution in [0.25, 0.3) is 0 Å². The van der Waals surface area contributed by atoms with Gasteiger partial charge in [-0.3, -0.25) is 0 Å². The van der Waals surface area contributed by atoms with E-state index >= 15 is 0 Å². The van der Waals surface area contributed by atoms with Gasteiger partial charge >= 0.3 is 0 Å². The molecule has 1 aromatic heterocycles. The smallest absolute Gasteiger partial charge is 0.106 e. The van der Waals surface area contributed by atoms with Crippen LogP contribution >= 0.6 is 0 Å². The Morgan fingerprint density at radius 1 is 1.00 bits per heavy atom. The van der Waals surface area contributed by atoms with Gasteiger partial charge in [0.15, 0.2) is 0 Å². The molecule has 0 amide bonds. The highest BCUT2D eigenvalue weighted by atomic mass is 15.1. The zero-order valence-electron chi connectivity index (χ0n) is 12.2. The highest BCUT2D eigenvalue weighted by Crippen LogP contribution is 2.22. The molecule has 102 valence electrons. The molecular weight excluding hydrogens is 220 g/mol. The van der Waals surface area contributed by atoms with Gasteiger partial charge in [-0.2, -0.15) is 0 Å². The number of nitrogens with zero attached hydrogens (tertiary/aromatic N) is 2. The third-order valence-corrected chi connectivity index (χ3v) is 4.16. The third kappa shape index (κ3) is 3.37. The predicted octanol–water partition coefficient (Wildman–Crippen LogP) is 4.43. The summed E-state index contributed by atoms with van der Waals surface area (Å²) in [7, 11) is 0. The maximum absolute atomic E-state index is 4.74. The third-order valence-electron chi connectivity index (χ3n) is 4.16. The van der Waals surface area contributed by atoms with Crippen LogP contribution in [-0.2, 0) is 19.4 Å². The predicted molar refractivity (Wildman–Crippen MR) is 77.0 cm³/mol. The first-order valence-electron chi connectivity index (χ1n) is 7.87. The molecule has 1 heterocycles. The van der Waals surface area contributed by atoms with Gasteiger partial charge in [-0.25, -0.2) is 4.98 Å². The van der Waals surface area contributed by atoms with Crippen LogP contribution in [0.1, 0.15) is 75.5 Å². The summed E-state index contributed by atoms with van der Waals surface area (Å²) in [4.78, 5) is 4.74. The Labute approximate surface area is 112 Å². The van der Waals surface area contributed by atoms with E-state index in [1.165, 1.54) is 82.3 Å². The van der Waals surface area contributed by atoms with Crippen LogP contribution in [0.5, 0.6) is 0 Å². The van der Waals surface area contributed by atoms with Gasteiger partial charge in [-0.15, -0.1) is 0 Å². The fourth-order valence-electron chi connectivity index (χ4n) is 3.08. The van der Waals surface area contributed by atoms with Gasteiger partial charge in [0.25, 0.3) is 0 Å². The van der Waals surface area contributed by atoms with Crippen LogP contribution in [0.2, 0.25) is 0 Å². The van der Waals surface area contributed by atoms with Crippen molar-refractivity contribution in [2.75, 3.05) is 0 Å². The number of hydrogen-bond acceptors (Lipinski definition) is 1. The molecule has 18 heavy (non-hydrogen) atoms. The summed E-state index contributed by atoms with van der Waals surface area (Å²) in [5.41, 5.74) is 2.94. The number of fused-ring (bicyclic) bond motifs is 1. The Morgan fingerprint density at radius 2 is 1.72 bits per heavy atom. The first-order valence-corrected chi connectivity index (χ1v) is 7.87. The molecule has 0 bridgehead atoms. The lowest BCUT2D eigenvalue weighted by atomic mass is 10.0. The van der Waals surface area contributed by atoms with Crippen LogP contribution in [-0.4, -0.2) is 9.55 Å². The zero-order chi connectivity index (χ0) is 12.8. The van der Waals surface area contributed by atoms with Crippen molar-refractivity contribution >= 4 is 0 Å². The molecule has 0 fully saturated rings. The summed E-state index contributed by atoms with van der Waals surface area (Å²) in [5.74, 6) is 1.25. The lowest BCUT2D eigenvalue weighted by molar-refractivity contribution is 0.531. The molecule has 0 spiro atoms. The molecule has 1 aliphatic carbocycles. The summed E-state index contributed by atoms with van der Waals surface area (Å²) in [5, 5.41) is 0. The molecule has 0 unspecified atom stereocenters. The quantitative estimate of drug-likeness (QED) is 0.653. The zero-order valence-corrected chi connectivity index (χ0v) is 12.2. The molecule has 0 aromatic carbocycles. The van der Waals surface area contributed by atoms with E-state index in [4.69, 9.17) is 4.98 Å². The molecule has 0 N–H and O–H groups in total. The number of imidazole rings is 1. The first-order chi connectivity index (χ1) is 8.83. The van der Waals surface area contributed by atoms with E-state index in [1.54, 1.807) is 5.69 Å². The molecule has 2 heteroatoms. The fourth-order valence-corrected chi connectivity index (χ4v) is 3.08. The van der Waals surface area contributed by atoms with Gasteiger partial charge in [-0.1, -0.05) is 39.0 Å². The van der Waals surface area contributed by atoms with Crippen LogP contribution in [0.4, 0.5) is 0 Å². The topological polar surface area (TPSA) is 17.8 Å². The second-order valence-corrected chi connectivity index (χ2v) is 5.68. The average Bonchev–Trinajstić information content (AvgIpc) is 2.70. The largest absolute Gasteiger partial charge is 0.332 e. The summed E-state index contributed by atoms with van der Waals surface area (Å²) >= 11 is 0. The molecule has 0 aliphatic heterocycles. The lowest BCUT2D eigenvalue weighted by Crippen LogP contribution is -2.09. The minimum absolute atomic E-state index is 1.19. The molecule has 2 rings (SSSR count). The van der Waals surface area contributed by atoms with Crippen LogP contribution in [0.15, 0.2) is 0 Å². The number of unbranched alkanes of at least 4 members (excludes halogenated alkanes) is 5. The minimum atomic E-state index is 1.19. The maximum atomic E-state index is 4.74. The van der Waals surface area contributed by atoms with Crippen molar-refractivity contribution in [1.29, 1.82) is 0 Å². The summed E-state index contributed by atoms with van der Waals surface area (Å²) in [6, 6.07) is 0. The number of hydrogen-bond donors (Lipinski definition) is 0. The van der Waals surface area contributed by atoms with Crippen molar-refractivity contribution in [3.63, 3.8) is 0 Å². The molecule has 0 saturated heterocycles. The van der Waals surface area contributed by atoms with E-state index in [0.29, 0.717) is 0 Å². The Bertz CT molecular complexity index is 365. The van der Waals surface area contributed by atoms with Crippen molar-refractivity contribution in [3.8, 4) is 0 Å². The second kappa shape index (κ2) is 6.96. The van der Waals surface area contributed by atoms with E-state index in [1.807, 2.05) is 0 Å². The van der Waals surface area contributed by atoms with Crippen molar-refractivity contribution < 1.29 is 0 Å². The monoisotopic (exact) mass is 248 g/mol. The number of rotatable bonds is 7. The van der Waals surface area contributed by atoms with Crippen LogP contribution in [0.3, 0.4) is 0 Å². The summed E-state index contributed by atoms with van der Waals surface area (Å²) in [6.07, 6.45) is 13.4. The van der Waals surface area contributed by atoms with Crippen molar-refractivity contribution in [2.45, 2.75) is 84.6 Å². The fraction of sp³-hybridized carbons (Fsp3) is 0.812. The highest BCUT2D eigenvalue weighted by Gasteiger charge is 2.17. The summed E-state index contributed by atoms with van der Waals surface area (Å²) < 4.78 is 2.49. The standard InChI is InChI=1S/C16H28N2/c1-3-4-5-6-7-10-13-18-14(2)17-15-11-8-9-12-16(15)18/h3-13H2,1-2H3. The number of aryl methyl sites for hydroxylation is 2. The first kappa shape index (κ1) is 13.6. The lowest BCUT2D eigenvalue weighted by Gasteiger charge is -2.14. The molecule has 0 atom stereocenters. The van der Waals surface area contributed by atoms with E-state index < -0.39 is 0 Å². The van der Waals surface area contributed by atoms with Gasteiger partial charge in [0.1, 0.15) is 5.82 Å². The molecule has 1 aliphatic rings. The number of aromatic nitrogens is 2. The molecule has 2 nitrogen and oxygen atoms in total. The SMILES string of the molecule is CCCCCCCCn1c(C)nc2c1CCCC2. The van der Waals surface area contributed by atoms with Gasteiger partial charge < -0.3 is 4.57 Å². The van der Waals surface area contributed by atoms with E-state index in [9.17, 15) is 0 Å².